The van der Waals surface area contributed by atoms with Crippen LogP contribution in [0.1, 0.15) is 5.56 Å². The zero-order chi connectivity index (χ0) is 16.2. The van der Waals surface area contributed by atoms with Crippen molar-refractivity contribution in [3.63, 3.8) is 0 Å². The van der Waals surface area contributed by atoms with Gasteiger partial charge in [0.1, 0.15) is 0 Å². The molecule has 0 bridgehead atoms. The second kappa shape index (κ2) is 7.11. The summed E-state index contributed by atoms with van der Waals surface area (Å²) in [6, 6.07) is 16.6. The van der Waals surface area contributed by atoms with Gasteiger partial charge in [0.25, 0.3) is 0 Å². The second-order valence-corrected chi connectivity index (χ2v) is 7.20. The Balaban J connectivity index is 2.06. The van der Waals surface area contributed by atoms with Crippen LogP contribution in [0, 0.1) is 6.92 Å². The summed E-state index contributed by atoms with van der Waals surface area (Å²) in [4.78, 5) is 6.97. The molecular formula is C19H17BrN2S. The minimum Gasteiger partial charge on any atom is -0.319 e. The van der Waals surface area contributed by atoms with Crippen LogP contribution in [0.2, 0.25) is 0 Å². The molecule has 0 aliphatic rings. The van der Waals surface area contributed by atoms with E-state index in [0.29, 0.717) is 0 Å². The van der Waals surface area contributed by atoms with Crippen molar-refractivity contribution in [3.05, 3.63) is 82.2 Å². The highest BCUT2D eigenvalue weighted by molar-refractivity contribution is 9.10. The second-order valence-electron chi connectivity index (χ2n) is 5.27. The molecule has 4 heteroatoms. The monoisotopic (exact) mass is 384 g/mol. The van der Waals surface area contributed by atoms with Crippen LogP contribution in [0.3, 0.4) is 0 Å². The summed E-state index contributed by atoms with van der Waals surface area (Å²) in [6.45, 7) is 6.67. The topological polar surface area (TPSA) is 17.3 Å². The van der Waals surface area contributed by atoms with Crippen LogP contribution < -0.4 is 4.80 Å². The molecule has 1 aromatic heterocycles. The van der Waals surface area contributed by atoms with E-state index in [-0.39, 0.29) is 0 Å². The van der Waals surface area contributed by atoms with E-state index < -0.39 is 0 Å². The minimum atomic E-state index is 0.748. The molecule has 0 amide bonds. The van der Waals surface area contributed by atoms with E-state index in [4.69, 9.17) is 4.99 Å². The first-order valence-electron chi connectivity index (χ1n) is 7.34. The molecule has 3 aromatic rings. The number of hydrogen-bond acceptors (Lipinski definition) is 2. The summed E-state index contributed by atoms with van der Waals surface area (Å²) in [5, 5.41) is 0. The largest absolute Gasteiger partial charge is 0.319 e. The van der Waals surface area contributed by atoms with Crippen LogP contribution in [-0.4, -0.2) is 4.57 Å². The number of hydrogen-bond donors (Lipinski definition) is 0. The molecule has 0 saturated heterocycles. The Bertz CT molecular complexity index is 871. The third kappa shape index (κ3) is 3.89. The smallest absolute Gasteiger partial charge is 0.190 e. The molecule has 0 atom stereocenters. The number of thiazole rings is 1. The number of allylic oxidation sites excluding steroid dienone is 1. The molecule has 0 unspecified atom stereocenters. The predicted octanol–water partition coefficient (Wildman–Crippen LogP) is 5.71. The molecule has 1 heterocycles. The van der Waals surface area contributed by atoms with Crippen molar-refractivity contribution in [1.29, 1.82) is 0 Å². The van der Waals surface area contributed by atoms with Gasteiger partial charge in [0, 0.05) is 17.2 Å². The summed E-state index contributed by atoms with van der Waals surface area (Å²) in [5.74, 6) is 0. The molecule has 0 radical (unpaired) electrons. The molecule has 0 aliphatic carbocycles. The lowest BCUT2D eigenvalue weighted by Gasteiger charge is -1.98. The summed E-state index contributed by atoms with van der Waals surface area (Å²) in [5.41, 5.74) is 3.41. The van der Waals surface area contributed by atoms with E-state index >= 15 is 0 Å². The highest BCUT2D eigenvalue weighted by Gasteiger charge is 2.05. The first kappa shape index (κ1) is 16.0. The highest BCUT2D eigenvalue weighted by atomic mass is 79.9. The van der Waals surface area contributed by atoms with Gasteiger partial charge in [-0.05, 0) is 36.8 Å². The highest BCUT2D eigenvalue weighted by Crippen LogP contribution is 2.24. The number of benzene rings is 2. The van der Waals surface area contributed by atoms with Crippen molar-refractivity contribution in [3.8, 4) is 10.4 Å². The first-order valence-corrected chi connectivity index (χ1v) is 8.95. The van der Waals surface area contributed by atoms with Gasteiger partial charge in [0.05, 0.1) is 10.6 Å². The van der Waals surface area contributed by atoms with E-state index in [0.717, 1.165) is 21.5 Å². The molecule has 2 nitrogen and oxygen atoms in total. The van der Waals surface area contributed by atoms with Crippen LogP contribution in [0.15, 0.2) is 76.8 Å². The maximum atomic E-state index is 4.79. The first-order chi connectivity index (χ1) is 11.2. The van der Waals surface area contributed by atoms with Crippen molar-refractivity contribution in [2.75, 3.05) is 0 Å². The van der Waals surface area contributed by atoms with Gasteiger partial charge < -0.3 is 4.57 Å². The Morgan fingerprint density at radius 1 is 1.13 bits per heavy atom. The molecule has 0 fully saturated rings. The number of rotatable bonds is 4. The third-order valence-electron chi connectivity index (χ3n) is 3.43. The summed E-state index contributed by atoms with van der Waals surface area (Å²) < 4.78 is 3.22. The molecule has 2 aromatic carbocycles. The number of aromatic nitrogens is 1. The quantitative estimate of drug-likeness (QED) is 0.512. The van der Waals surface area contributed by atoms with Crippen molar-refractivity contribution in [1.82, 2.24) is 4.57 Å². The fraction of sp³-hybridized carbons (Fsp3) is 0.105. The van der Waals surface area contributed by atoms with Crippen LogP contribution in [0.25, 0.3) is 10.4 Å². The predicted molar refractivity (Wildman–Crippen MR) is 102 cm³/mol. The Labute approximate surface area is 148 Å². The standard InChI is InChI=1S/C19H17BrN2S/c1-3-12-22-13-18(15-6-8-16(20)9-7-15)23-19(22)21-17-10-4-14(2)5-11-17/h3-11,13H,1,12H2,2H3. The van der Waals surface area contributed by atoms with Crippen molar-refractivity contribution in [2.24, 2.45) is 4.99 Å². The number of halogens is 1. The SMILES string of the molecule is C=CCn1cc(-c2ccc(Br)cc2)sc1=Nc1ccc(C)cc1. The lowest BCUT2D eigenvalue weighted by Crippen LogP contribution is -2.12. The van der Waals surface area contributed by atoms with Gasteiger partial charge in [-0.15, -0.1) is 6.58 Å². The summed E-state index contributed by atoms with van der Waals surface area (Å²) in [7, 11) is 0. The summed E-state index contributed by atoms with van der Waals surface area (Å²) in [6.07, 6.45) is 4.04. The Morgan fingerprint density at radius 2 is 1.83 bits per heavy atom. The fourth-order valence-electron chi connectivity index (χ4n) is 2.21. The molecule has 0 N–H and O–H groups in total. The fourth-order valence-corrected chi connectivity index (χ4v) is 3.50. The molecule has 116 valence electrons. The van der Waals surface area contributed by atoms with E-state index in [1.807, 2.05) is 18.2 Å². The van der Waals surface area contributed by atoms with Crippen LogP contribution >= 0.6 is 27.3 Å². The maximum absolute atomic E-state index is 4.79. The number of aryl methyl sites for hydroxylation is 1. The maximum Gasteiger partial charge on any atom is 0.190 e. The minimum absolute atomic E-state index is 0.748. The molecule has 23 heavy (non-hydrogen) atoms. The van der Waals surface area contributed by atoms with Gasteiger partial charge in [-0.25, -0.2) is 4.99 Å². The number of nitrogens with zero attached hydrogens (tertiary/aromatic N) is 2. The van der Waals surface area contributed by atoms with Gasteiger partial charge in [-0.2, -0.15) is 0 Å². The van der Waals surface area contributed by atoms with Crippen molar-refractivity contribution >= 4 is 33.0 Å². The van der Waals surface area contributed by atoms with E-state index in [2.05, 4.69) is 76.6 Å². The van der Waals surface area contributed by atoms with Gasteiger partial charge in [0.2, 0.25) is 0 Å². The van der Waals surface area contributed by atoms with Crippen molar-refractivity contribution in [2.45, 2.75) is 13.5 Å². The third-order valence-corrected chi connectivity index (χ3v) is 5.03. The van der Waals surface area contributed by atoms with E-state index in [1.165, 1.54) is 16.0 Å². The molecule has 0 aliphatic heterocycles. The molecule has 0 spiro atoms. The van der Waals surface area contributed by atoms with Gasteiger partial charge in [0.15, 0.2) is 4.80 Å². The van der Waals surface area contributed by atoms with Crippen LogP contribution in [0.5, 0.6) is 0 Å². The lowest BCUT2D eigenvalue weighted by atomic mass is 10.2. The van der Waals surface area contributed by atoms with E-state index in [1.54, 1.807) is 11.3 Å². The Morgan fingerprint density at radius 3 is 2.48 bits per heavy atom. The lowest BCUT2D eigenvalue weighted by molar-refractivity contribution is 0.792. The van der Waals surface area contributed by atoms with Gasteiger partial charge in [-0.3, -0.25) is 0 Å². The van der Waals surface area contributed by atoms with E-state index in [9.17, 15) is 0 Å². The molecule has 3 rings (SSSR count). The Kier molecular flexibility index (Phi) is 4.94. The molecule has 0 saturated carbocycles. The van der Waals surface area contributed by atoms with Crippen molar-refractivity contribution < 1.29 is 0 Å². The van der Waals surface area contributed by atoms with Gasteiger partial charge in [-0.1, -0.05) is 63.2 Å². The van der Waals surface area contributed by atoms with Crippen LogP contribution in [0.4, 0.5) is 5.69 Å². The molecular weight excluding hydrogens is 368 g/mol. The normalized spacial score (nSPS) is 11.7. The summed E-state index contributed by atoms with van der Waals surface area (Å²) >= 11 is 5.17. The Hall–Kier alpha value is -1.91. The zero-order valence-electron chi connectivity index (χ0n) is 12.9. The van der Waals surface area contributed by atoms with Gasteiger partial charge >= 0.3 is 0 Å². The average Bonchev–Trinajstić information content (AvgIpc) is 2.93. The van der Waals surface area contributed by atoms with Crippen LogP contribution in [-0.2, 0) is 6.54 Å². The average molecular weight is 385 g/mol. The zero-order valence-corrected chi connectivity index (χ0v) is 15.3.